The molecule has 0 bridgehead atoms. The van der Waals surface area contributed by atoms with Crippen molar-refractivity contribution in [1.82, 2.24) is 9.80 Å². The van der Waals surface area contributed by atoms with Crippen molar-refractivity contribution < 1.29 is 14.3 Å². The van der Waals surface area contributed by atoms with E-state index in [9.17, 15) is 9.59 Å². The molecule has 2 aliphatic heterocycles. The quantitative estimate of drug-likeness (QED) is 0.726. The van der Waals surface area contributed by atoms with Gasteiger partial charge in [0.1, 0.15) is 11.4 Å². The molecule has 1 amide bonds. The Morgan fingerprint density at radius 1 is 1.21 bits per heavy atom. The van der Waals surface area contributed by atoms with Gasteiger partial charge in [0, 0.05) is 39.0 Å². The molecular formula is C14H24N2O3. The summed E-state index contributed by atoms with van der Waals surface area (Å²) in [5.41, 5.74) is -0.432. The van der Waals surface area contributed by atoms with Crippen LogP contribution in [0.25, 0.3) is 0 Å². The van der Waals surface area contributed by atoms with Crippen LogP contribution in [0.1, 0.15) is 40.5 Å². The molecular weight excluding hydrogens is 244 g/mol. The van der Waals surface area contributed by atoms with Crippen LogP contribution in [0.3, 0.4) is 0 Å². The molecule has 5 heteroatoms. The van der Waals surface area contributed by atoms with E-state index in [2.05, 4.69) is 11.8 Å². The Kier molecular flexibility index (Phi) is 3.60. The van der Waals surface area contributed by atoms with Crippen LogP contribution in [0.4, 0.5) is 4.79 Å². The molecule has 0 unspecified atom stereocenters. The maximum atomic E-state index is 11.9. The van der Waals surface area contributed by atoms with Gasteiger partial charge in [-0.15, -0.1) is 0 Å². The van der Waals surface area contributed by atoms with Gasteiger partial charge in [0.05, 0.1) is 5.54 Å². The van der Waals surface area contributed by atoms with E-state index >= 15 is 0 Å². The molecule has 0 N–H and O–H groups in total. The van der Waals surface area contributed by atoms with E-state index in [-0.39, 0.29) is 11.6 Å². The minimum absolute atomic E-state index is 0.0115. The first-order chi connectivity index (χ1) is 8.70. The molecule has 0 aromatic rings. The highest BCUT2D eigenvalue weighted by Crippen LogP contribution is 2.30. The topological polar surface area (TPSA) is 49.9 Å². The lowest BCUT2D eigenvalue weighted by Crippen LogP contribution is -2.70. The Labute approximate surface area is 114 Å². The Morgan fingerprint density at radius 2 is 1.74 bits per heavy atom. The molecule has 0 radical (unpaired) electrons. The molecule has 0 aliphatic carbocycles. The van der Waals surface area contributed by atoms with Crippen molar-refractivity contribution in [3.63, 3.8) is 0 Å². The summed E-state index contributed by atoms with van der Waals surface area (Å²) in [6.45, 7) is 10.8. The highest BCUT2D eigenvalue weighted by Gasteiger charge is 2.47. The van der Waals surface area contributed by atoms with E-state index in [1.54, 1.807) is 4.90 Å². The van der Waals surface area contributed by atoms with E-state index in [0.29, 0.717) is 31.7 Å². The minimum atomic E-state index is -0.444. The number of amides is 1. The van der Waals surface area contributed by atoms with Crippen LogP contribution < -0.4 is 0 Å². The summed E-state index contributed by atoms with van der Waals surface area (Å²) in [6.07, 6.45) is 1.04. The van der Waals surface area contributed by atoms with E-state index in [1.165, 1.54) is 0 Å². The number of ketones is 1. The summed E-state index contributed by atoms with van der Waals surface area (Å²) < 4.78 is 5.35. The first-order valence-corrected chi connectivity index (χ1v) is 6.94. The molecule has 108 valence electrons. The van der Waals surface area contributed by atoms with Crippen molar-refractivity contribution in [3.05, 3.63) is 0 Å². The molecule has 2 fully saturated rings. The molecule has 0 aromatic carbocycles. The Morgan fingerprint density at radius 3 is 2.21 bits per heavy atom. The SMILES string of the molecule is CC(C)(C)OC(=O)N1CC(C)(N2CCC(=O)CC2)C1. The monoisotopic (exact) mass is 268 g/mol. The van der Waals surface area contributed by atoms with Crippen molar-refractivity contribution in [2.75, 3.05) is 26.2 Å². The second-order valence-electron chi connectivity index (χ2n) is 6.86. The van der Waals surface area contributed by atoms with Crippen LogP contribution >= 0.6 is 0 Å². The van der Waals surface area contributed by atoms with Gasteiger partial charge >= 0.3 is 6.09 Å². The van der Waals surface area contributed by atoms with Gasteiger partial charge in [-0.1, -0.05) is 0 Å². The van der Waals surface area contributed by atoms with Gasteiger partial charge in [-0.3, -0.25) is 9.69 Å². The molecule has 2 aliphatic rings. The second-order valence-corrected chi connectivity index (χ2v) is 6.86. The fourth-order valence-electron chi connectivity index (χ4n) is 2.73. The van der Waals surface area contributed by atoms with Crippen molar-refractivity contribution in [3.8, 4) is 0 Å². The van der Waals surface area contributed by atoms with Crippen molar-refractivity contribution in [2.24, 2.45) is 0 Å². The van der Waals surface area contributed by atoms with E-state index in [1.807, 2.05) is 20.8 Å². The Hall–Kier alpha value is -1.10. The number of carbonyl (C=O) groups is 2. The number of piperidine rings is 1. The molecule has 2 saturated heterocycles. The fourth-order valence-corrected chi connectivity index (χ4v) is 2.73. The van der Waals surface area contributed by atoms with Crippen LogP contribution in [0.2, 0.25) is 0 Å². The number of Topliss-reactive ketones (excluding diaryl/α,β-unsaturated/α-hetero) is 1. The minimum Gasteiger partial charge on any atom is -0.444 e. The first kappa shape index (κ1) is 14.3. The van der Waals surface area contributed by atoms with Crippen LogP contribution in [0.5, 0.6) is 0 Å². The zero-order valence-electron chi connectivity index (χ0n) is 12.4. The number of nitrogens with zero attached hydrogens (tertiary/aromatic N) is 2. The Bertz CT molecular complexity index is 371. The third kappa shape index (κ3) is 3.26. The first-order valence-electron chi connectivity index (χ1n) is 6.94. The standard InChI is InChI=1S/C14H24N2O3/c1-13(2,3)19-12(18)15-9-14(4,10-15)16-7-5-11(17)6-8-16/h5-10H2,1-4H3. The zero-order valence-corrected chi connectivity index (χ0v) is 12.4. The molecule has 19 heavy (non-hydrogen) atoms. The van der Waals surface area contributed by atoms with E-state index in [4.69, 9.17) is 4.74 Å². The third-order valence-electron chi connectivity index (χ3n) is 3.80. The molecule has 0 aromatic heterocycles. The van der Waals surface area contributed by atoms with Gasteiger partial charge in [0.25, 0.3) is 0 Å². The molecule has 2 rings (SSSR count). The number of hydrogen-bond acceptors (Lipinski definition) is 4. The van der Waals surface area contributed by atoms with Gasteiger partial charge < -0.3 is 9.64 Å². The lowest BCUT2D eigenvalue weighted by molar-refractivity contribution is -0.125. The lowest BCUT2D eigenvalue weighted by Gasteiger charge is -2.54. The average Bonchev–Trinajstić information content (AvgIpc) is 2.23. The van der Waals surface area contributed by atoms with Gasteiger partial charge in [-0.25, -0.2) is 4.79 Å². The zero-order chi connectivity index (χ0) is 14.3. The number of ether oxygens (including phenoxy) is 1. The highest BCUT2D eigenvalue weighted by atomic mass is 16.6. The summed E-state index contributed by atoms with van der Waals surface area (Å²) in [4.78, 5) is 27.2. The third-order valence-corrected chi connectivity index (χ3v) is 3.80. The van der Waals surface area contributed by atoms with E-state index < -0.39 is 5.60 Å². The normalized spacial score (nSPS) is 24.0. The van der Waals surface area contributed by atoms with Crippen LogP contribution in [0, 0.1) is 0 Å². The summed E-state index contributed by atoms with van der Waals surface area (Å²) in [5.74, 6) is 0.350. The molecule has 5 nitrogen and oxygen atoms in total. The number of carbonyl (C=O) groups excluding carboxylic acids is 2. The largest absolute Gasteiger partial charge is 0.444 e. The average molecular weight is 268 g/mol. The molecule has 0 spiro atoms. The predicted molar refractivity (Wildman–Crippen MR) is 72.0 cm³/mol. The number of hydrogen-bond donors (Lipinski definition) is 0. The van der Waals surface area contributed by atoms with Crippen LogP contribution in [0.15, 0.2) is 0 Å². The number of likely N-dealkylation sites (tertiary alicyclic amines) is 2. The molecule has 2 heterocycles. The molecule has 0 atom stereocenters. The van der Waals surface area contributed by atoms with Crippen molar-refractivity contribution >= 4 is 11.9 Å². The van der Waals surface area contributed by atoms with Gasteiger partial charge in [0.2, 0.25) is 0 Å². The summed E-state index contributed by atoms with van der Waals surface area (Å²) in [5, 5.41) is 0. The lowest BCUT2D eigenvalue weighted by atomic mass is 9.88. The van der Waals surface area contributed by atoms with Gasteiger partial charge in [0.15, 0.2) is 0 Å². The highest BCUT2D eigenvalue weighted by molar-refractivity contribution is 5.79. The smallest absolute Gasteiger partial charge is 0.410 e. The second kappa shape index (κ2) is 4.78. The van der Waals surface area contributed by atoms with Crippen LogP contribution in [-0.4, -0.2) is 59.0 Å². The van der Waals surface area contributed by atoms with E-state index in [0.717, 1.165) is 13.1 Å². The van der Waals surface area contributed by atoms with Gasteiger partial charge in [-0.2, -0.15) is 0 Å². The van der Waals surface area contributed by atoms with Gasteiger partial charge in [-0.05, 0) is 27.7 Å². The maximum absolute atomic E-state index is 11.9. The maximum Gasteiger partial charge on any atom is 0.410 e. The summed E-state index contributed by atoms with van der Waals surface area (Å²) in [6, 6.07) is 0. The van der Waals surface area contributed by atoms with Crippen molar-refractivity contribution in [1.29, 1.82) is 0 Å². The fraction of sp³-hybridized carbons (Fsp3) is 0.857. The summed E-state index contributed by atoms with van der Waals surface area (Å²) >= 11 is 0. The number of rotatable bonds is 1. The van der Waals surface area contributed by atoms with Crippen LogP contribution in [-0.2, 0) is 9.53 Å². The summed E-state index contributed by atoms with van der Waals surface area (Å²) in [7, 11) is 0. The van der Waals surface area contributed by atoms with Crippen molar-refractivity contribution in [2.45, 2.75) is 51.7 Å². The predicted octanol–water partition coefficient (Wildman–Crippen LogP) is 1.66. The molecule has 0 saturated carbocycles. The Balaban J connectivity index is 1.84.